The molecule has 0 bridgehead atoms. The Morgan fingerprint density at radius 1 is 0.633 bits per heavy atom. The second-order valence-electron chi connectivity index (χ2n) is 8.70. The van der Waals surface area contributed by atoms with Gasteiger partial charge in [0.05, 0.1) is 11.4 Å². The minimum absolute atomic E-state index is 0.186. The van der Waals surface area contributed by atoms with Crippen LogP contribution in [0.2, 0.25) is 0 Å². The number of nitrogens with zero attached hydrogens (tertiary/aromatic N) is 2. The van der Waals surface area contributed by atoms with Gasteiger partial charge in [-0.1, -0.05) is 24.3 Å². The molecule has 0 atom stereocenters. The number of hydrogen-bond donors (Lipinski definition) is 4. The Balaban J connectivity index is 2.50. The van der Waals surface area contributed by atoms with Crippen LogP contribution in [0.3, 0.4) is 0 Å². The van der Waals surface area contributed by atoms with Crippen molar-refractivity contribution in [1.82, 2.24) is 10.6 Å². The first-order chi connectivity index (χ1) is 14.2. The Morgan fingerprint density at radius 3 is 1.37 bits per heavy atom. The Kier molecular flexibility index (Phi) is 8.51. The summed E-state index contributed by atoms with van der Waals surface area (Å²) in [4.78, 5) is 9.45. The molecule has 6 heteroatoms. The van der Waals surface area contributed by atoms with Crippen molar-refractivity contribution in [2.24, 2.45) is 9.98 Å². The molecule has 0 saturated heterocycles. The summed E-state index contributed by atoms with van der Waals surface area (Å²) < 4.78 is 0. The van der Waals surface area contributed by atoms with Gasteiger partial charge >= 0.3 is 0 Å². The van der Waals surface area contributed by atoms with E-state index in [0.717, 1.165) is 34.1 Å². The molecule has 0 aliphatic heterocycles. The van der Waals surface area contributed by atoms with E-state index in [1.165, 1.54) is 0 Å². The summed E-state index contributed by atoms with van der Waals surface area (Å²) in [6.45, 7) is 16.7. The van der Waals surface area contributed by atoms with E-state index in [9.17, 15) is 0 Å². The van der Waals surface area contributed by atoms with Gasteiger partial charge in [0.15, 0.2) is 11.9 Å². The van der Waals surface area contributed by atoms with Gasteiger partial charge in [0.2, 0.25) is 0 Å². The van der Waals surface area contributed by atoms with Crippen molar-refractivity contribution >= 4 is 34.1 Å². The van der Waals surface area contributed by atoms with Crippen LogP contribution in [0.4, 0.5) is 11.4 Å². The van der Waals surface area contributed by atoms with Gasteiger partial charge < -0.3 is 21.3 Å². The van der Waals surface area contributed by atoms with Crippen molar-refractivity contribution in [3.8, 4) is 0 Å². The highest BCUT2D eigenvalue weighted by atomic mass is 15.2. The van der Waals surface area contributed by atoms with Crippen molar-refractivity contribution in [3.63, 3.8) is 0 Å². The number of fused-ring (bicyclic) bond motifs is 1. The molecule has 0 amide bonds. The average Bonchev–Trinajstić information content (AvgIpc) is 2.59. The van der Waals surface area contributed by atoms with E-state index in [-0.39, 0.29) is 24.2 Å². The lowest BCUT2D eigenvalue weighted by Gasteiger charge is -2.20. The van der Waals surface area contributed by atoms with Crippen LogP contribution in [0.5, 0.6) is 0 Å². The van der Waals surface area contributed by atoms with Crippen LogP contribution in [0.25, 0.3) is 10.8 Å². The smallest absolute Gasteiger partial charge is 0.196 e. The van der Waals surface area contributed by atoms with Gasteiger partial charge in [-0.2, -0.15) is 0 Å². The molecule has 0 aliphatic carbocycles. The molecule has 0 aromatic heterocycles. The Bertz CT molecular complexity index is 812. The molecule has 6 nitrogen and oxygen atoms in total. The molecule has 2 aromatic carbocycles. The van der Waals surface area contributed by atoms with Gasteiger partial charge in [0, 0.05) is 29.6 Å². The van der Waals surface area contributed by atoms with Crippen molar-refractivity contribution in [2.45, 2.75) is 79.6 Å². The van der Waals surface area contributed by atoms with Gasteiger partial charge in [-0.3, -0.25) is 9.98 Å². The van der Waals surface area contributed by atoms with E-state index < -0.39 is 0 Å². The first-order valence-electron chi connectivity index (χ1n) is 10.9. The standard InChI is InChI=1S/C24H38N6/c1-15(2)25-23(26-16(3)4)29-20-13-9-11-19-12-10-14-21(22(19)20)30-24(27-17(5)6)28-18(7)8/h9-18H,1-8H3,(H2,25,26,29)(H2,27,28,30). The van der Waals surface area contributed by atoms with Gasteiger partial charge in [-0.05, 0) is 72.9 Å². The predicted octanol–water partition coefficient (Wildman–Crippen LogP) is 5.19. The third kappa shape index (κ3) is 7.25. The number of hydrogen-bond acceptors (Lipinski definition) is 2. The lowest BCUT2D eigenvalue weighted by Crippen LogP contribution is -2.37. The molecule has 0 fully saturated rings. The summed E-state index contributed by atoms with van der Waals surface area (Å²) in [5, 5.41) is 16.1. The third-order valence-corrected chi connectivity index (χ3v) is 4.04. The SMILES string of the molecule is CC(C)N=C(Nc1cccc2cccc(NC(=NC(C)C)NC(C)C)c12)NC(C)C. The van der Waals surface area contributed by atoms with Crippen molar-refractivity contribution in [3.05, 3.63) is 36.4 Å². The number of nitrogens with one attached hydrogen (secondary N) is 4. The Labute approximate surface area is 181 Å². The molecule has 4 N–H and O–H groups in total. The van der Waals surface area contributed by atoms with E-state index in [0.29, 0.717) is 0 Å². The molecule has 0 aliphatic rings. The van der Waals surface area contributed by atoms with Crippen molar-refractivity contribution in [1.29, 1.82) is 0 Å². The molecular weight excluding hydrogens is 372 g/mol. The largest absolute Gasteiger partial charge is 0.354 e. The summed E-state index contributed by atoms with van der Waals surface area (Å²) >= 11 is 0. The lowest BCUT2D eigenvalue weighted by molar-refractivity contribution is 0.717. The van der Waals surface area contributed by atoms with Crippen LogP contribution >= 0.6 is 0 Å². The van der Waals surface area contributed by atoms with E-state index in [1.54, 1.807) is 0 Å². The third-order valence-electron chi connectivity index (χ3n) is 4.04. The highest BCUT2D eigenvalue weighted by molar-refractivity contribution is 6.12. The molecular formula is C24H38N6. The summed E-state index contributed by atoms with van der Waals surface area (Å²) in [7, 11) is 0. The molecule has 0 unspecified atom stereocenters. The first-order valence-corrected chi connectivity index (χ1v) is 10.9. The normalized spacial score (nSPS) is 12.9. The van der Waals surface area contributed by atoms with Crippen LogP contribution in [-0.2, 0) is 0 Å². The summed E-state index contributed by atoms with van der Waals surface area (Å²) in [5.74, 6) is 1.55. The summed E-state index contributed by atoms with van der Waals surface area (Å²) in [6.07, 6.45) is 0. The molecule has 0 heterocycles. The second-order valence-corrected chi connectivity index (χ2v) is 8.70. The van der Waals surface area contributed by atoms with E-state index in [4.69, 9.17) is 9.98 Å². The maximum atomic E-state index is 4.73. The number of aliphatic imine (C=N–C) groups is 2. The van der Waals surface area contributed by atoms with Crippen LogP contribution in [0, 0.1) is 0 Å². The number of benzene rings is 2. The van der Waals surface area contributed by atoms with Gasteiger partial charge in [0.25, 0.3) is 0 Å². The minimum atomic E-state index is 0.186. The van der Waals surface area contributed by atoms with Gasteiger partial charge in [-0.15, -0.1) is 0 Å². The fourth-order valence-electron chi connectivity index (χ4n) is 3.08. The van der Waals surface area contributed by atoms with E-state index in [1.807, 2.05) is 0 Å². The monoisotopic (exact) mass is 410 g/mol. The molecule has 0 radical (unpaired) electrons. The maximum absolute atomic E-state index is 4.73. The molecule has 2 aromatic rings. The first kappa shape index (κ1) is 23.5. The molecule has 0 saturated carbocycles. The van der Waals surface area contributed by atoms with Crippen LogP contribution < -0.4 is 21.3 Å². The lowest BCUT2D eigenvalue weighted by atomic mass is 10.1. The number of anilines is 2. The van der Waals surface area contributed by atoms with Crippen LogP contribution in [0.1, 0.15) is 55.4 Å². The zero-order valence-corrected chi connectivity index (χ0v) is 19.7. The fourth-order valence-corrected chi connectivity index (χ4v) is 3.08. The maximum Gasteiger partial charge on any atom is 0.196 e. The Hall–Kier alpha value is -2.76. The summed E-state index contributed by atoms with van der Waals surface area (Å²) in [6, 6.07) is 13.5. The topological polar surface area (TPSA) is 72.8 Å². The molecule has 30 heavy (non-hydrogen) atoms. The van der Waals surface area contributed by atoms with Crippen molar-refractivity contribution in [2.75, 3.05) is 10.6 Å². The molecule has 2 rings (SSSR count). The Morgan fingerprint density at radius 2 is 1.03 bits per heavy atom. The van der Waals surface area contributed by atoms with Crippen LogP contribution in [-0.4, -0.2) is 36.1 Å². The molecule has 164 valence electrons. The number of rotatable bonds is 6. The average molecular weight is 411 g/mol. The highest BCUT2D eigenvalue weighted by Gasteiger charge is 2.12. The van der Waals surface area contributed by atoms with Crippen molar-refractivity contribution < 1.29 is 0 Å². The quantitative estimate of drug-likeness (QED) is 0.391. The fraction of sp³-hybridized carbons (Fsp3) is 0.500. The minimum Gasteiger partial charge on any atom is -0.354 e. The zero-order chi connectivity index (χ0) is 22.3. The van der Waals surface area contributed by atoms with Crippen LogP contribution in [0.15, 0.2) is 46.4 Å². The summed E-state index contributed by atoms with van der Waals surface area (Å²) in [5.41, 5.74) is 1.99. The van der Waals surface area contributed by atoms with E-state index in [2.05, 4.69) is 113 Å². The second kappa shape index (κ2) is 10.9. The van der Waals surface area contributed by atoms with Gasteiger partial charge in [-0.25, -0.2) is 0 Å². The molecule has 0 spiro atoms. The predicted molar refractivity (Wildman–Crippen MR) is 133 cm³/mol. The zero-order valence-electron chi connectivity index (χ0n) is 19.7. The van der Waals surface area contributed by atoms with Gasteiger partial charge in [0.1, 0.15) is 0 Å². The number of guanidine groups is 2. The highest BCUT2D eigenvalue weighted by Crippen LogP contribution is 2.31. The van der Waals surface area contributed by atoms with E-state index >= 15 is 0 Å².